The Morgan fingerprint density at radius 3 is 2.88 bits per heavy atom. The Kier molecular flexibility index (Phi) is 2.55. The molecule has 1 saturated heterocycles. The summed E-state index contributed by atoms with van der Waals surface area (Å²) in [6.45, 7) is 2.69. The fourth-order valence-corrected chi connectivity index (χ4v) is 1.95. The first-order chi connectivity index (χ1) is 7.54. The number of aliphatic hydroxyl groups is 1. The van der Waals surface area contributed by atoms with E-state index >= 15 is 0 Å². The van der Waals surface area contributed by atoms with Crippen molar-refractivity contribution in [1.29, 1.82) is 0 Å². The van der Waals surface area contributed by atoms with Gasteiger partial charge in [-0.1, -0.05) is 13.3 Å². The number of nitrogens with one attached hydrogen (secondary N) is 1. The number of nitrogens with zero attached hydrogens (tertiary/aromatic N) is 3. The van der Waals surface area contributed by atoms with Gasteiger partial charge in [0.15, 0.2) is 0 Å². The van der Waals surface area contributed by atoms with Crippen LogP contribution in [0, 0.1) is 0 Å². The summed E-state index contributed by atoms with van der Waals surface area (Å²) in [6.07, 6.45) is 1.60. The van der Waals surface area contributed by atoms with Crippen LogP contribution in [0.2, 0.25) is 0 Å². The van der Waals surface area contributed by atoms with Gasteiger partial charge in [0.1, 0.15) is 0 Å². The van der Waals surface area contributed by atoms with Crippen LogP contribution in [-0.2, 0) is 0 Å². The average molecular weight is 225 g/mol. The van der Waals surface area contributed by atoms with Crippen LogP contribution >= 0.6 is 0 Å². The molecule has 0 bridgehead atoms. The molecule has 0 atom stereocenters. The van der Waals surface area contributed by atoms with E-state index in [1.165, 1.54) is 4.90 Å². The van der Waals surface area contributed by atoms with Crippen LogP contribution in [0.3, 0.4) is 0 Å². The van der Waals surface area contributed by atoms with Crippen LogP contribution in [0.25, 0.3) is 0 Å². The summed E-state index contributed by atoms with van der Waals surface area (Å²) in [5.41, 5.74) is 4.58. The van der Waals surface area contributed by atoms with Crippen LogP contribution in [0.4, 0.5) is 5.95 Å². The molecule has 0 saturated carbocycles. The molecule has 1 aliphatic rings. The molecule has 1 aromatic rings. The maximum absolute atomic E-state index is 11.8. The van der Waals surface area contributed by atoms with Crippen molar-refractivity contribution in [1.82, 2.24) is 20.1 Å². The minimum absolute atomic E-state index is 0.0488. The highest BCUT2D eigenvalue weighted by Crippen LogP contribution is 2.26. The van der Waals surface area contributed by atoms with E-state index < -0.39 is 5.60 Å². The van der Waals surface area contributed by atoms with Crippen LogP contribution in [0.1, 0.15) is 30.4 Å². The number of nitrogens with two attached hydrogens (primary N) is 1. The van der Waals surface area contributed by atoms with E-state index in [1.54, 1.807) is 0 Å². The van der Waals surface area contributed by atoms with Crippen LogP contribution in [0.5, 0.6) is 0 Å². The number of hydrogen-bond acceptors (Lipinski definition) is 5. The van der Waals surface area contributed by atoms with E-state index in [2.05, 4.69) is 15.2 Å². The third kappa shape index (κ3) is 1.85. The van der Waals surface area contributed by atoms with Gasteiger partial charge < -0.3 is 15.7 Å². The molecule has 16 heavy (non-hydrogen) atoms. The van der Waals surface area contributed by atoms with Gasteiger partial charge in [0.25, 0.3) is 5.91 Å². The van der Waals surface area contributed by atoms with Crippen molar-refractivity contribution >= 4 is 11.9 Å². The number of rotatable bonds is 3. The molecule has 4 N–H and O–H groups in total. The first-order valence-corrected chi connectivity index (χ1v) is 5.23. The van der Waals surface area contributed by atoms with Gasteiger partial charge >= 0.3 is 0 Å². The second-order valence-corrected chi connectivity index (χ2v) is 4.18. The number of aromatic amines is 1. The summed E-state index contributed by atoms with van der Waals surface area (Å²) in [5.74, 6) is -0.103. The number of nitrogen functional groups attached to an aromatic ring is 1. The molecular weight excluding hydrogens is 210 g/mol. The first kappa shape index (κ1) is 10.9. The van der Waals surface area contributed by atoms with Crippen molar-refractivity contribution in [3.05, 3.63) is 5.82 Å². The van der Waals surface area contributed by atoms with Crippen molar-refractivity contribution in [2.24, 2.45) is 0 Å². The van der Waals surface area contributed by atoms with Crippen molar-refractivity contribution in [2.75, 3.05) is 18.8 Å². The zero-order chi connectivity index (χ0) is 11.8. The summed E-state index contributed by atoms with van der Waals surface area (Å²) >= 11 is 0. The lowest BCUT2D eigenvalue weighted by Crippen LogP contribution is -2.63. The van der Waals surface area contributed by atoms with E-state index in [0.717, 1.165) is 6.42 Å². The molecule has 0 spiro atoms. The van der Waals surface area contributed by atoms with Gasteiger partial charge in [-0.3, -0.25) is 9.89 Å². The third-order valence-corrected chi connectivity index (χ3v) is 2.68. The van der Waals surface area contributed by atoms with Gasteiger partial charge in [0, 0.05) is 0 Å². The van der Waals surface area contributed by atoms with Crippen molar-refractivity contribution in [2.45, 2.75) is 25.4 Å². The van der Waals surface area contributed by atoms with Gasteiger partial charge in [0.2, 0.25) is 11.8 Å². The molecule has 2 rings (SSSR count). The van der Waals surface area contributed by atoms with Crippen molar-refractivity contribution < 1.29 is 9.90 Å². The molecule has 0 aromatic carbocycles. The van der Waals surface area contributed by atoms with E-state index in [4.69, 9.17) is 5.73 Å². The summed E-state index contributed by atoms with van der Waals surface area (Å²) in [4.78, 5) is 17.0. The van der Waals surface area contributed by atoms with E-state index in [1.807, 2.05) is 6.92 Å². The molecule has 1 aromatic heterocycles. The average Bonchev–Trinajstić information content (AvgIpc) is 2.60. The zero-order valence-corrected chi connectivity index (χ0v) is 9.10. The number of carbonyl (C=O) groups excluding carboxylic acids is 1. The number of H-pyrrole nitrogens is 1. The fourth-order valence-electron chi connectivity index (χ4n) is 1.95. The first-order valence-electron chi connectivity index (χ1n) is 5.23. The van der Waals surface area contributed by atoms with E-state index in [0.29, 0.717) is 19.5 Å². The predicted molar refractivity (Wildman–Crippen MR) is 56.6 cm³/mol. The van der Waals surface area contributed by atoms with Gasteiger partial charge in [-0.2, -0.15) is 4.98 Å². The molecule has 7 nitrogen and oxygen atoms in total. The van der Waals surface area contributed by atoms with Crippen molar-refractivity contribution in [3.63, 3.8) is 0 Å². The van der Waals surface area contributed by atoms with E-state index in [9.17, 15) is 9.90 Å². The van der Waals surface area contributed by atoms with Crippen LogP contribution < -0.4 is 5.73 Å². The van der Waals surface area contributed by atoms with Gasteiger partial charge in [-0.05, 0) is 6.42 Å². The molecule has 0 radical (unpaired) electrons. The Labute approximate surface area is 92.7 Å². The summed E-state index contributed by atoms with van der Waals surface area (Å²) in [7, 11) is 0. The predicted octanol–water partition coefficient (Wildman–Crippen LogP) is -0.626. The van der Waals surface area contributed by atoms with Gasteiger partial charge in [0.05, 0.1) is 18.7 Å². The molecule has 88 valence electrons. The van der Waals surface area contributed by atoms with Crippen LogP contribution in [0.15, 0.2) is 0 Å². The number of β-amino-alcohol motifs (C(OH)–C–C–N with tert-alkyl or cyclic N) is 1. The molecule has 0 aliphatic carbocycles. The monoisotopic (exact) mass is 225 g/mol. The molecule has 2 heterocycles. The number of hydrogen-bond donors (Lipinski definition) is 3. The summed E-state index contributed by atoms with van der Waals surface area (Å²) in [6, 6.07) is 0. The zero-order valence-electron chi connectivity index (χ0n) is 9.10. The maximum atomic E-state index is 11.8. The van der Waals surface area contributed by atoms with Gasteiger partial charge in [-0.25, -0.2) is 0 Å². The SMILES string of the molecule is CCCC1(O)CN(C(=O)c2nc(N)n[nH]2)C1. The fraction of sp³-hybridized carbons (Fsp3) is 0.667. The number of aromatic nitrogens is 3. The van der Waals surface area contributed by atoms with Crippen LogP contribution in [-0.4, -0.2) is 49.8 Å². The Morgan fingerprint density at radius 1 is 1.69 bits per heavy atom. The Bertz CT molecular complexity index is 396. The highest BCUT2D eigenvalue weighted by molar-refractivity contribution is 5.91. The molecule has 1 fully saturated rings. The smallest absolute Gasteiger partial charge is 0.291 e. The Morgan fingerprint density at radius 2 is 2.38 bits per heavy atom. The highest BCUT2D eigenvalue weighted by Gasteiger charge is 2.43. The number of carbonyl (C=O) groups is 1. The third-order valence-electron chi connectivity index (χ3n) is 2.68. The summed E-state index contributed by atoms with van der Waals surface area (Å²) in [5, 5.41) is 16.0. The number of anilines is 1. The lowest BCUT2D eigenvalue weighted by Gasteiger charge is -2.46. The summed E-state index contributed by atoms with van der Waals surface area (Å²) < 4.78 is 0. The Hall–Kier alpha value is -1.63. The second-order valence-electron chi connectivity index (χ2n) is 4.18. The normalized spacial score (nSPS) is 18.2. The minimum atomic E-state index is -0.726. The topological polar surface area (TPSA) is 108 Å². The number of likely N-dealkylation sites (tertiary alicyclic amines) is 1. The molecule has 7 heteroatoms. The lowest BCUT2D eigenvalue weighted by atomic mass is 9.89. The van der Waals surface area contributed by atoms with E-state index in [-0.39, 0.29) is 17.7 Å². The molecule has 1 amide bonds. The largest absolute Gasteiger partial charge is 0.386 e. The molecular formula is C9H15N5O2. The standard InChI is InChI=1S/C9H15N5O2/c1-2-3-9(16)4-14(5-9)7(15)6-11-8(10)13-12-6/h16H,2-5H2,1H3,(H3,10,11,12,13). The quantitative estimate of drug-likeness (QED) is 0.635. The highest BCUT2D eigenvalue weighted by atomic mass is 16.3. The van der Waals surface area contributed by atoms with Crippen molar-refractivity contribution in [3.8, 4) is 0 Å². The second kappa shape index (κ2) is 3.75. The Balaban J connectivity index is 1.95. The minimum Gasteiger partial charge on any atom is -0.386 e. The molecule has 1 aliphatic heterocycles. The maximum Gasteiger partial charge on any atom is 0.291 e. The lowest BCUT2D eigenvalue weighted by molar-refractivity contribution is -0.0863. The number of amides is 1. The van der Waals surface area contributed by atoms with Gasteiger partial charge in [-0.15, -0.1) is 5.10 Å². The molecule has 0 unspecified atom stereocenters.